The second-order valence-electron chi connectivity index (χ2n) is 6.48. The first-order valence-electron chi connectivity index (χ1n) is 8.59. The molecule has 0 atom stereocenters. The van der Waals surface area contributed by atoms with Crippen molar-refractivity contribution in [3.05, 3.63) is 24.3 Å². The highest BCUT2D eigenvalue weighted by atomic mass is 32.2. The Bertz CT molecular complexity index is 685. The van der Waals surface area contributed by atoms with E-state index in [1.807, 2.05) is 31.1 Å². The average molecular weight is 385 g/mol. The number of hydrogen-bond donors (Lipinski definition) is 1. The maximum atomic E-state index is 12.2. The normalized spacial score (nSPS) is 15.5. The smallest absolute Gasteiger partial charge is 0.240 e. The van der Waals surface area contributed by atoms with E-state index in [1.165, 1.54) is 0 Å². The molecule has 1 amide bonds. The van der Waals surface area contributed by atoms with E-state index in [1.54, 1.807) is 12.1 Å². The highest BCUT2D eigenvalue weighted by molar-refractivity contribution is 7.92. The third kappa shape index (κ3) is 6.15. The van der Waals surface area contributed by atoms with Gasteiger partial charge in [0.2, 0.25) is 15.9 Å². The molecule has 146 valence electrons. The Morgan fingerprint density at radius 2 is 1.73 bits per heavy atom. The summed E-state index contributed by atoms with van der Waals surface area (Å²) in [7, 11) is 0.256. The summed E-state index contributed by atoms with van der Waals surface area (Å²) in [6, 6.07) is 7.06. The molecule has 0 bridgehead atoms. The van der Waals surface area contributed by atoms with Gasteiger partial charge >= 0.3 is 0 Å². The van der Waals surface area contributed by atoms with Crippen LogP contribution in [0.2, 0.25) is 0 Å². The molecule has 1 aliphatic rings. The van der Waals surface area contributed by atoms with Crippen LogP contribution in [0.3, 0.4) is 0 Å². The zero-order valence-corrected chi connectivity index (χ0v) is 16.5. The van der Waals surface area contributed by atoms with Gasteiger partial charge in [0.05, 0.1) is 25.2 Å². The molecule has 0 radical (unpaired) electrons. The van der Waals surface area contributed by atoms with Gasteiger partial charge in [-0.2, -0.15) is 0 Å². The van der Waals surface area contributed by atoms with Gasteiger partial charge in [-0.15, -0.1) is 0 Å². The van der Waals surface area contributed by atoms with Gasteiger partial charge in [0, 0.05) is 46.0 Å². The van der Waals surface area contributed by atoms with Gasteiger partial charge < -0.3 is 15.0 Å². The van der Waals surface area contributed by atoms with Crippen molar-refractivity contribution in [1.29, 1.82) is 0 Å². The fraction of sp³-hybridized carbons (Fsp3) is 0.588. The third-order valence-corrected chi connectivity index (χ3v) is 5.34. The van der Waals surface area contributed by atoms with Crippen molar-refractivity contribution in [2.75, 3.05) is 75.5 Å². The number of morpholine rings is 1. The second-order valence-corrected chi connectivity index (χ2v) is 8.39. The second kappa shape index (κ2) is 9.20. The summed E-state index contributed by atoms with van der Waals surface area (Å²) in [5, 5.41) is 2.80. The topological polar surface area (TPSA) is 82.2 Å². The minimum absolute atomic E-state index is 0.233. The zero-order valence-electron chi connectivity index (χ0n) is 15.6. The molecule has 0 unspecified atom stereocenters. The highest BCUT2D eigenvalue weighted by Crippen LogP contribution is 2.21. The van der Waals surface area contributed by atoms with Gasteiger partial charge in [-0.3, -0.25) is 14.0 Å². The molecule has 1 N–H and O–H groups in total. The lowest BCUT2D eigenvalue weighted by Crippen LogP contribution is -2.44. The number of benzene rings is 1. The standard InChI is InChI=1S/C17H28N4O4S/c1-19(2)15-4-6-16(7-5-15)21(26(3,23)24)14-17(22)18-8-9-20-10-12-25-13-11-20/h4-7H,8-14H2,1-3H3,(H,18,22). The van der Waals surface area contributed by atoms with Crippen molar-refractivity contribution in [3.8, 4) is 0 Å². The van der Waals surface area contributed by atoms with E-state index in [4.69, 9.17) is 4.74 Å². The molecule has 0 aliphatic carbocycles. The lowest BCUT2D eigenvalue weighted by molar-refractivity contribution is -0.119. The number of nitrogens with zero attached hydrogens (tertiary/aromatic N) is 3. The molecule has 1 fully saturated rings. The fourth-order valence-corrected chi connectivity index (χ4v) is 3.54. The van der Waals surface area contributed by atoms with Gasteiger partial charge in [0.25, 0.3) is 0 Å². The Balaban J connectivity index is 1.93. The molecule has 1 aliphatic heterocycles. The molecular formula is C17H28N4O4S. The van der Waals surface area contributed by atoms with E-state index in [9.17, 15) is 13.2 Å². The van der Waals surface area contributed by atoms with Crippen molar-refractivity contribution in [2.24, 2.45) is 0 Å². The van der Waals surface area contributed by atoms with E-state index < -0.39 is 10.0 Å². The summed E-state index contributed by atoms with van der Waals surface area (Å²) < 4.78 is 30.6. The van der Waals surface area contributed by atoms with Crippen LogP contribution < -0.4 is 14.5 Å². The summed E-state index contributed by atoms with van der Waals surface area (Å²) in [5.41, 5.74) is 1.43. The number of rotatable bonds is 8. The predicted octanol–water partition coefficient (Wildman–Crippen LogP) is -0.0330. The number of carbonyl (C=O) groups excluding carboxylic acids is 1. The Kier molecular flexibility index (Phi) is 7.24. The molecular weight excluding hydrogens is 356 g/mol. The lowest BCUT2D eigenvalue weighted by atomic mass is 10.2. The molecule has 0 spiro atoms. The van der Waals surface area contributed by atoms with Crippen LogP contribution >= 0.6 is 0 Å². The van der Waals surface area contributed by atoms with Crippen LogP contribution in [-0.4, -0.2) is 85.5 Å². The third-order valence-electron chi connectivity index (χ3n) is 4.20. The Morgan fingerprint density at radius 3 is 2.27 bits per heavy atom. The van der Waals surface area contributed by atoms with Crippen LogP contribution in [0.1, 0.15) is 0 Å². The van der Waals surface area contributed by atoms with Crippen molar-refractivity contribution in [3.63, 3.8) is 0 Å². The molecule has 0 saturated carbocycles. The predicted molar refractivity (Wildman–Crippen MR) is 103 cm³/mol. The van der Waals surface area contributed by atoms with Gasteiger partial charge in [-0.25, -0.2) is 8.42 Å². The van der Waals surface area contributed by atoms with E-state index in [-0.39, 0.29) is 12.5 Å². The maximum absolute atomic E-state index is 12.2. The van der Waals surface area contributed by atoms with Crippen LogP contribution in [0.5, 0.6) is 0 Å². The largest absolute Gasteiger partial charge is 0.379 e. The molecule has 8 nitrogen and oxygen atoms in total. The van der Waals surface area contributed by atoms with Crippen LogP contribution in [0.15, 0.2) is 24.3 Å². The Morgan fingerprint density at radius 1 is 1.15 bits per heavy atom. The Labute approximate surface area is 155 Å². The van der Waals surface area contributed by atoms with E-state index in [0.29, 0.717) is 25.4 Å². The molecule has 1 aromatic rings. The SMILES string of the molecule is CN(C)c1ccc(N(CC(=O)NCCN2CCOCC2)S(C)(=O)=O)cc1. The monoisotopic (exact) mass is 384 g/mol. The maximum Gasteiger partial charge on any atom is 0.240 e. The summed E-state index contributed by atoms with van der Waals surface area (Å²) in [6.07, 6.45) is 1.11. The van der Waals surface area contributed by atoms with Crippen LogP contribution in [0, 0.1) is 0 Å². The van der Waals surface area contributed by atoms with Gasteiger partial charge in [0.1, 0.15) is 6.54 Å². The first-order valence-corrected chi connectivity index (χ1v) is 10.4. The van der Waals surface area contributed by atoms with Crippen LogP contribution in [-0.2, 0) is 19.6 Å². The summed E-state index contributed by atoms with van der Waals surface area (Å²) in [5.74, 6) is -0.319. The van der Waals surface area contributed by atoms with Crippen molar-refractivity contribution in [2.45, 2.75) is 0 Å². The van der Waals surface area contributed by atoms with E-state index >= 15 is 0 Å². The van der Waals surface area contributed by atoms with Crippen molar-refractivity contribution in [1.82, 2.24) is 10.2 Å². The van der Waals surface area contributed by atoms with Gasteiger partial charge in [0.15, 0.2) is 0 Å². The van der Waals surface area contributed by atoms with Crippen molar-refractivity contribution < 1.29 is 17.9 Å². The molecule has 1 saturated heterocycles. The number of ether oxygens (including phenoxy) is 1. The molecule has 1 heterocycles. The van der Waals surface area contributed by atoms with Gasteiger partial charge in [-0.05, 0) is 24.3 Å². The number of carbonyl (C=O) groups is 1. The Hall–Kier alpha value is -1.84. The molecule has 2 rings (SSSR count). The number of hydrogen-bond acceptors (Lipinski definition) is 6. The van der Waals surface area contributed by atoms with E-state index in [0.717, 1.165) is 35.9 Å². The fourth-order valence-electron chi connectivity index (χ4n) is 2.68. The molecule has 0 aromatic heterocycles. The van der Waals surface area contributed by atoms with Gasteiger partial charge in [-0.1, -0.05) is 0 Å². The molecule has 26 heavy (non-hydrogen) atoms. The summed E-state index contributed by atoms with van der Waals surface area (Å²) >= 11 is 0. The first kappa shape index (κ1) is 20.5. The minimum Gasteiger partial charge on any atom is -0.379 e. The van der Waals surface area contributed by atoms with Crippen molar-refractivity contribution >= 4 is 27.3 Å². The number of anilines is 2. The lowest BCUT2D eigenvalue weighted by Gasteiger charge is -2.27. The molecule has 1 aromatic carbocycles. The van der Waals surface area contributed by atoms with Crippen LogP contribution in [0.4, 0.5) is 11.4 Å². The van der Waals surface area contributed by atoms with Crippen LogP contribution in [0.25, 0.3) is 0 Å². The molecule has 9 heteroatoms. The number of nitrogens with one attached hydrogen (secondary N) is 1. The summed E-state index contributed by atoms with van der Waals surface area (Å²) in [4.78, 5) is 16.4. The highest BCUT2D eigenvalue weighted by Gasteiger charge is 2.21. The zero-order chi connectivity index (χ0) is 19.2. The number of amides is 1. The quantitative estimate of drug-likeness (QED) is 0.678. The summed E-state index contributed by atoms with van der Waals surface area (Å²) in [6.45, 7) is 4.09. The first-order chi connectivity index (χ1) is 12.3. The number of sulfonamides is 1. The average Bonchev–Trinajstić information content (AvgIpc) is 2.60. The van der Waals surface area contributed by atoms with E-state index in [2.05, 4.69) is 10.2 Å². The minimum atomic E-state index is -3.56.